The lowest BCUT2D eigenvalue weighted by molar-refractivity contribution is -0.142. The number of carbonyl (C=O) groups excluding carboxylic acids is 2. The number of aromatic nitrogens is 3. The zero-order valence-corrected chi connectivity index (χ0v) is 16.0. The lowest BCUT2D eigenvalue weighted by Gasteiger charge is -2.16. The van der Waals surface area contributed by atoms with Gasteiger partial charge >= 0.3 is 6.18 Å². The molecule has 0 spiro atoms. The molecule has 154 valence electrons. The van der Waals surface area contributed by atoms with E-state index in [9.17, 15) is 22.8 Å². The number of rotatable bonds is 4. The van der Waals surface area contributed by atoms with Crippen LogP contribution in [0.2, 0.25) is 0 Å². The van der Waals surface area contributed by atoms with E-state index >= 15 is 0 Å². The third-order valence-corrected chi connectivity index (χ3v) is 4.95. The summed E-state index contributed by atoms with van der Waals surface area (Å²) in [6.07, 6.45) is 0.438. The smallest absolute Gasteiger partial charge is 0.312 e. The predicted molar refractivity (Wildman–Crippen MR) is 104 cm³/mol. The molecule has 1 amide bonds. The van der Waals surface area contributed by atoms with Crippen LogP contribution in [-0.2, 0) is 11.0 Å². The third-order valence-electron chi connectivity index (χ3n) is 4.95. The highest BCUT2D eigenvalue weighted by atomic mass is 19.4. The standard InChI is InChI=1S/C21H17F3N4O2/c1-13-16(20-25-10-9-18(21(22,23)24)28(20)26-13)7-8-17(29)14-4-2-5-15(12-14)27-11-3-6-19(27)30/h2,4-5,7-10,12H,3,6,11H2,1H3/b8-7+. The van der Waals surface area contributed by atoms with Crippen LogP contribution in [0.3, 0.4) is 0 Å². The SMILES string of the molecule is Cc1nn2c(C(F)(F)F)ccnc2c1/C=C/C(=O)c1cccc(N2CCCC2=O)c1. The topological polar surface area (TPSA) is 67.6 Å². The number of anilines is 1. The maximum atomic E-state index is 13.2. The number of nitrogens with zero attached hydrogens (tertiary/aromatic N) is 4. The third kappa shape index (κ3) is 3.58. The van der Waals surface area contributed by atoms with E-state index < -0.39 is 11.9 Å². The lowest BCUT2D eigenvalue weighted by atomic mass is 10.1. The second-order valence-corrected chi connectivity index (χ2v) is 6.96. The zero-order chi connectivity index (χ0) is 21.5. The van der Waals surface area contributed by atoms with Crippen molar-refractivity contribution in [2.45, 2.75) is 25.9 Å². The molecule has 0 N–H and O–H groups in total. The first-order chi connectivity index (χ1) is 14.3. The number of hydrogen-bond donors (Lipinski definition) is 0. The van der Waals surface area contributed by atoms with Crippen LogP contribution < -0.4 is 4.90 Å². The molecule has 0 unspecified atom stereocenters. The van der Waals surface area contributed by atoms with Crippen molar-refractivity contribution in [1.82, 2.24) is 14.6 Å². The molecule has 0 atom stereocenters. The fourth-order valence-corrected chi connectivity index (χ4v) is 3.48. The summed E-state index contributed by atoms with van der Waals surface area (Å²) in [5.41, 5.74) is 0.759. The maximum absolute atomic E-state index is 13.2. The molecule has 0 aliphatic carbocycles. The summed E-state index contributed by atoms with van der Waals surface area (Å²) in [4.78, 5) is 30.2. The van der Waals surface area contributed by atoms with E-state index in [1.54, 1.807) is 36.1 Å². The van der Waals surface area contributed by atoms with Crippen molar-refractivity contribution >= 4 is 29.1 Å². The Morgan fingerprint density at radius 3 is 2.73 bits per heavy atom. The van der Waals surface area contributed by atoms with Crippen molar-refractivity contribution in [3.05, 3.63) is 65.1 Å². The van der Waals surface area contributed by atoms with Crippen molar-refractivity contribution in [1.29, 1.82) is 0 Å². The number of hydrogen-bond acceptors (Lipinski definition) is 4. The molecule has 3 heterocycles. The van der Waals surface area contributed by atoms with Crippen LogP contribution in [0, 0.1) is 6.92 Å². The molecule has 3 aromatic rings. The lowest BCUT2D eigenvalue weighted by Crippen LogP contribution is -2.23. The summed E-state index contributed by atoms with van der Waals surface area (Å²) in [5.74, 6) is -0.321. The number of alkyl halides is 3. The molecule has 30 heavy (non-hydrogen) atoms. The molecule has 1 saturated heterocycles. The average molecular weight is 414 g/mol. The number of halogens is 3. The molecule has 1 aromatic carbocycles. The number of aryl methyl sites for hydroxylation is 1. The van der Waals surface area contributed by atoms with Crippen LogP contribution in [-0.4, -0.2) is 32.8 Å². The van der Waals surface area contributed by atoms with Gasteiger partial charge in [0.1, 0.15) is 5.69 Å². The van der Waals surface area contributed by atoms with Gasteiger partial charge in [-0.15, -0.1) is 0 Å². The van der Waals surface area contributed by atoms with Gasteiger partial charge in [0.15, 0.2) is 11.4 Å². The first-order valence-corrected chi connectivity index (χ1v) is 9.30. The van der Waals surface area contributed by atoms with Crippen LogP contribution in [0.4, 0.5) is 18.9 Å². The molecule has 1 fully saturated rings. The minimum absolute atomic E-state index is 0.0165. The number of allylic oxidation sites excluding steroid dienone is 1. The van der Waals surface area contributed by atoms with Gasteiger partial charge in [-0.3, -0.25) is 9.59 Å². The van der Waals surface area contributed by atoms with Crippen molar-refractivity contribution in [3.8, 4) is 0 Å². The molecule has 6 nitrogen and oxygen atoms in total. The van der Waals surface area contributed by atoms with E-state index in [0.29, 0.717) is 35.5 Å². The van der Waals surface area contributed by atoms with Gasteiger partial charge in [0.25, 0.3) is 0 Å². The second kappa shape index (κ2) is 7.40. The number of amides is 1. The minimum atomic E-state index is -4.58. The largest absolute Gasteiger partial charge is 0.433 e. The van der Waals surface area contributed by atoms with Gasteiger partial charge in [-0.25, -0.2) is 9.50 Å². The Morgan fingerprint density at radius 2 is 2.03 bits per heavy atom. The summed E-state index contributed by atoms with van der Waals surface area (Å²) in [7, 11) is 0. The average Bonchev–Trinajstić information content (AvgIpc) is 3.27. The summed E-state index contributed by atoms with van der Waals surface area (Å²) < 4.78 is 40.3. The van der Waals surface area contributed by atoms with E-state index in [2.05, 4.69) is 10.1 Å². The Bertz CT molecular complexity index is 1180. The number of benzene rings is 1. The molecule has 2 aromatic heterocycles. The Morgan fingerprint density at radius 1 is 1.23 bits per heavy atom. The Balaban J connectivity index is 1.65. The Kier molecular flexibility index (Phi) is 4.89. The monoisotopic (exact) mass is 414 g/mol. The second-order valence-electron chi connectivity index (χ2n) is 6.96. The van der Waals surface area contributed by atoms with Crippen LogP contribution in [0.1, 0.15) is 40.2 Å². The first-order valence-electron chi connectivity index (χ1n) is 9.30. The molecular weight excluding hydrogens is 397 g/mol. The number of carbonyl (C=O) groups is 2. The zero-order valence-electron chi connectivity index (χ0n) is 16.0. The number of fused-ring (bicyclic) bond motifs is 1. The Labute approximate surface area is 169 Å². The van der Waals surface area contributed by atoms with Gasteiger partial charge in [-0.1, -0.05) is 12.1 Å². The van der Waals surface area contributed by atoms with Crippen molar-refractivity contribution in [2.75, 3.05) is 11.4 Å². The summed E-state index contributed by atoms with van der Waals surface area (Å²) >= 11 is 0. The normalized spacial score (nSPS) is 14.9. The maximum Gasteiger partial charge on any atom is 0.433 e. The highest BCUT2D eigenvalue weighted by molar-refractivity contribution is 6.08. The van der Waals surface area contributed by atoms with Gasteiger partial charge < -0.3 is 4.90 Å². The van der Waals surface area contributed by atoms with Gasteiger partial charge in [-0.05, 0) is 43.7 Å². The number of ketones is 1. The fourth-order valence-electron chi connectivity index (χ4n) is 3.48. The van der Waals surface area contributed by atoms with Crippen molar-refractivity contribution < 1.29 is 22.8 Å². The van der Waals surface area contributed by atoms with E-state index in [1.165, 1.54) is 12.2 Å². The Hall–Kier alpha value is -3.49. The fraction of sp³-hybridized carbons (Fsp3) is 0.238. The van der Waals surface area contributed by atoms with Crippen LogP contribution in [0.5, 0.6) is 0 Å². The van der Waals surface area contributed by atoms with Gasteiger partial charge in [-0.2, -0.15) is 18.3 Å². The summed E-state index contributed by atoms with van der Waals surface area (Å²) in [6.45, 7) is 2.17. The highest BCUT2D eigenvalue weighted by Gasteiger charge is 2.34. The first kappa shape index (κ1) is 19.8. The van der Waals surface area contributed by atoms with Gasteiger partial charge in [0.2, 0.25) is 5.91 Å². The van der Waals surface area contributed by atoms with Gasteiger partial charge in [0, 0.05) is 36.0 Å². The molecule has 1 aliphatic rings. The molecule has 9 heteroatoms. The van der Waals surface area contributed by atoms with E-state index in [0.717, 1.165) is 23.2 Å². The molecular formula is C21H17F3N4O2. The van der Waals surface area contributed by atoms with Crippen LogP contribution in [0.15, 0.2) is 42.6 Å². The molecule has 4 rings (SSSR count). The van der Waals surface area contributed by atoms with Crippen LogP contribution >= 0.6 is 0 Å². The summed E-state index contributed by atoms with van der Waals surface area (Å²) in [5, 5.41) is 3.93. The van der Waals surface area contributed by atoms with E-state index in [-0.39, 0.29) is 17.3 Å². The van der Waals surface area contributed by atoms with Crippen molar-refractivity contribution in [3.63, 3.8) is 0 Å². The van der Waals surface area contributed by atoms with Crippen molar-refractivity contribution in [2.24, 2.45) is 0 Å². The minimum Gasteiger partial charge on any atom is -0.312 e. The van der Waals surface area contributed by atoms with E-state index in [4.69, 9.17) is 0 Å². The molecule has 0 bridgehead atoms. The van der Waals surface area contributed by atoms with Gasteiger partial charge in [0.05, 0.1) is 5.69 Å². The van der Waals surface area contributed by atoms with E-state index in [1.807, 2.05) is 0 Å². The quantitative estimate of drug-likeness (QED) is 0.477. The summed E-state index contributed by atoms with van der Waals surface area (Å²) in [6, 6.07) is 7.57. The predicted octanol–water partition coefficient (Wildman–Crippen LogP) is 4.08. The highest BCUT2D eigenvalue weighted by Crippen LogP contribution is 2.30. The molecule has 0 radical (unpaired) electrons. The van der Waals surface area contributed by atoms with Crippen LogP contribution in [0.25, 0.3) is 11.7 Å². The molecule has 0 saturated carbocycles. The molecule has 1 aliphatic heterocycles.